The molecule has 0 aliphatic carbocycles. The molecule has 144 valence electrons. The lowest BCUT2D eigenvalue weighted by Gasteiger charge is -2.30. The molecule has 1 saturated heterocycles. The average molecular weight is 354 g/mol. The second-order valence-corrected chi connectivity index (χ2v) is 7.29. The highest BCUT2D eigenvalue weighted by atomic mass is 16.2. The summed E-state index contributed by atoms with van der Waals surface area (Å²) in [5, 5.41) is 2.90. The number of Topliss-reactive ketones (excluding diaryl/α,β-unsaturated/α-hetero) is 1. The van der Waals surface area contributed by atoms with E-state index in [1.807, 2.05) is 27.7 Å². The predicted molar refractivity (Wildman–Crippen MR) is 98.8 cm³/mol. The number of nitrogens with zero attached hydrogens (tertiary/aromatic N) is 1. The van der Waals surface area contributed by atoms with Crippen LogP contribution in [0.15, 0.2) is 0 Å². The molecule has 3 N–H and O–H groups in total. The van der Waals surface area contributed by atoms with Crippen molar-refractivity contribution < 1.29 is 14.4 Å². The smallest absolute Gasteiger partial charge is 0.243 e. The van der Waals surface area contributed by atoms with Crippen molar-refractivity contribution in [3.8, 4) is 0 Å². The van der Waals surface area contributed by atoms with Crippen LogP contribution in [0, 0.1) is 11.8 Å². The Kier molecular flexibility index (Phi) is 8.56. The van der Waals surface area contributed by atoms with Crippen LogP contribution in [0.4, 0.5) is 0 Å². The van der Waals surface area contributed by atoms with Crippen molar-refractivity contribution in [3.05, 3.63) is 0 Å². The van der Waals surface area contributed by atoms with Crippen molar-refractivity contribution in [2.75, 3.05) is 6.54 Å². The number of carbonyl (C=O) groups excluding carboxylic acids is 3. The van der Waals surface area contributed by atoms with Crippen LogP contribution < -0.4 is 11.1 Å². The fourth-order valence-corrected chi connectivity index (χ4v) is 3.24. The van der Waals surface area contributed by atoms with Crippen molar-refractivity contribution in [2.24, 2.45) is 17.6 Å². The molecule has 1 heterocycles. The summed E-state index contributed by atoms with van der Waals surface area (Å²) >= 11 is 0. The Morgan fingerprint density at radius 1 is 1.12 bits per heavy atom. The van der Waals surface area contributed by atoms with Crippen LogP contribution in [0.25, 0.3) is 0 Å². The molecule has 2 amide bonds. The molecule has 0 aromatic carbocycles. The van der Waals surface area contributed by atoms with Crippen LogP contribution in [0.2, 0.25) is 0 Å². The highest BCUT2D eigenvalue weighted by molar-refractivity contribution is 5.94. The highest BCUT2D eigenvalue weighted by Crippen LogP contribution is 2.21. The van der Waals surface area contributed by atoms with Gasteiger partial charge >= 0.3 is 0 Å². The molecule has 0 aromatic rings. The first-order valence-electron chi connectivity index (χ1n) is 9.67. The summed E-state index contributed by atoms with van der Waals surface area (Å²) in [4.78, 5) is 39.3. The van der Waals surface area contributed by atoms with E-state index in [-0.39, 0.29) is 29.4 Å². The predicted octanol–water partition coefficient (Wildman–Crippen LogP) is 1.86. The second-order valence-electron chi connectivity index (χ2n) is 7.29. The van der Waals surface area contributed by atoms with Gasteiger partial charge in [0.15, 0.2) is 5.78 Å². The van der Waals surface area contributed by atoms with E-state index in [2.05, 4.69) is 5.32 Å². The summed E-state index contributed by atoms with van der Waals surface area (Å²) < 4.78 is 0. The van der Waals surface area contributed by atoms with Crippen molar-refractivity contribution in [2.45, 2.75) is 84.8 Å². The van der Waals surface area contributed by atoms with Crippen LogP contribution in [0.5, 0.6) is 0 Å². The molecule has 1 aliphatic rings. The zero-order valence-corrected chi connectivity index (χ0v) is 16.4. The molecule has 0 bridgehead atoms. The van der Waals surface area contributed by atoms with E-state index >= 15 is 0 Å². The first kappa shape index (κ1) is 21.6. The summed E-state index contributed by atoms with van der Waals surface area (Å²) in [5.41, 5.74) is 6.08. The maximum absolute atomic E-state index is 12.8. The van der Waals surface area contributed by atoms with Gasteiger partial charge in [0.1, 0.15) is 6.04 Å². The summed E-state index contributed by atoms with van der Waals surface area (Å²) in [6.07, 6.45) is 3.42. The van der Waals surface area contributed by atoms with Gasteiger partial charge in [-0.15, -0.1) is 0 Å². The van der Waals surface area contributed by atoms with Crippen molar-refractivity contribution in [1.29, 1.82) is 0 Å². The van der Waals surface area contributed by atoms with Gasteiger partial charge in [-0.05, 0) is 24.7 Å². The van der Waals surface area contributed by atoms with Gasteiger partial charge in [0.25, 0.3) is 0 Å². The van der Waals surface area contributed by atoms with Gasteiger partial charge in [-0.1, -0.05) is 47.5 Å². The van der Waals surface area contributed by atoms with Crippen molar-refractivity contribution in [3.63, 3.8) is 0 Å². The van der Waals surface area contributed by atoms with Crippen molar-refractivity contribution in [1.82, 2.24) is 10.2 Å². The van der Waals surface area contributed by atoms with Crippen LogP contribution in [0.1, 0.15) is 66.7 Å². The quantitative estimate of drug-likeness (QED) is 0.662. The normalized spacial score (nSPS) is 22.2. The van der Waals surface area contributed by atoms with E-state index in [9.17, 15) is 14.4 Å². The van der Waals surface area contributed by atoms with Gasteiger partial charge in [-0.3, -0.25) is 14.4 Å². The lowest BCUT2D eigenvalue weighted by Crippen LogP contribution is -2.55. The van der Waals surface area contributed by atoms with E-state index in [0.717, 1.165) is 19.3 Å². The van der Waals surface area contributed by atoms with Crippen LogP contribution in [0.3, 0.4) is 0 Å². The molecule has 0 radical (unpaired) electrons. The average Bonchev–Trinajstić information content (AvgIpc) is 3.12. The number of nitrogens with two attached hydrogens (primary N) is 1. The maximum Gasteiger partial charge on any atom is 0.243 e. The first-order valence-corrected chi connectivity index (χ1v) is 9.67. The third kappa shape index (κ3) is 5.27. The number of carbonyl (C=O) groups is 3. The molecular weight excluding hydrogens is 318 g/mol. The summed E-state index contributed by atoms with van der Waals surface area (Å²) in [7, 11) is 0. The zero-order valence-electron chi connectivity index (χ0n) is 16.4. The van der Waals surface area contributed by atoms with Gasteiger partial charge in [-0.2, -0.15) is 0 Å². The molecule has 1 fully saturated rings. The number of likely N-dealkylation sites (tertiary alicyclic amines) is 1. The van der Waals surface area contributed by atoms with Gasteiger partial charge in [0.05, 0.1) is 12.1 Å². The minimum Gasteiger partial charge on any atom is -0.344 e. The molecule has 6 heteroatoms. The zero-order chi connectivity index (χ0) is 19.1. The number of hydrogen-bond acceptors (Lipinski definition) is 4. The highest BCUT2D eigenvalue weighted by Gasteiger charge is 2.38. The molecule has 5 atom stereocenters. The van der Waals surface area contributed by atoms with Gasteiger partial charge in [0.2, 0.25) is 11.8 Å². The third-order valence-electron chi connectivity index (χ3n) is 5.59. The minimum absolute atomic E-state index is 0.0369. The molecule has 0 spiro atoms. The van der Waals surface area contributed by atoms with E-state index < -0.39 is 18.1 Å². The number of nitrogens with one attached hydrogen (secondary N) is 1. The molecule has 25 heavy (non-hydrogen) atoms. The summed E-state index contributed by atoms with van der Waals surface area (Å²) in [6, 6.07) is -1.58. The number of amides is 2. The van der Waals surface area contributed by atoms with E-state index in [1.165, 1.54) is 0 Å². The number of hydrogen-bond donors (Lipinski definition) is 2. The number of rotatable bonds is 9. The second kappa shape index (κ2) is 9.90. The van der Waals surface area contributed by atoms with E-state index in [1.54, 1.807) is 11.8 Å². The third-order valence-corrected chi connectivity index (χ3v) is 5.59. The fraction of sp³-hybridized carbons (Fsp3) is 0.842. The molecular formula is C19H35N3O3. The lowest BCUT2D eigenvalue weighted by molar-refractivity contribution is -0.141. The van der Waals surface area contributed by atoms with Gasteiger partial charge in [-0.25, -0.2) is 0 Å². The largest absolute Gasteiger partial charge is 0.344 e. The molecule has 1 rings (SSSR count). The molecule has 6 nitrogen and oxygen atoms in total. The standard InChI is InChI=1S/C19H35N3O3/c1-6-12(4)16(20)19(25)22-11-9-10-14(22)18(24)21-17(13(5)7-2)15(23)8-3/h12-14,16-17H,6-11,20H2,1-5H3,(H,21,24)/t12-,13-,14-,16?,17?/m0/s1. The van der Waals surface area contributed by atoms with Crippen LogP contribution in [-0.2, 0) is 14.4 Å². The monoisotopic (exact) mass is 353 g/mol. The molecule has 0 aromatic heterocycles. The molecule has 1 aliphatic heterocycles. The van der Waals surface area contributed by atoms with Gasteiger partial charge in [0, 0.05) is 13.0 Å². The Balaban J connectivity index is 2.84. The van der Waals surface area contributed by atoms with Crippen LogP contribution in [-0.4, -0.2) is 47.2 Å². The number of ketones is 1. The van der Waals surface area contributed by atoms with Crippen molar-refractivity contribution >= 4 is 17.6 Å². The van der Waals surface area contributed by atoms with Gasteiger partial charge < -0.3 is 16.0 Å². The summed E-state index contributed by atoms with van der Waals surface area (Å²) in [5.74, 6) is -0.200. The lowest BCUT2D eigenvalue weighted by atomic mass is 9.93. The topological polar surface area (TPSA) is 92.5 Å². The Bertz CT molecular complexity index is 481. The Hall–Kier alpha value is -1.43. The summed E-state index contributed by atoms with van der Waals surface area (Å²) in [6.45, 7) is 10.3. The van der Waals surface area contributed by atoms with Crippen LogP contribution >= 0.6 is 0 Å². The fourth-order valence-electron chi connectivity index (χ4n) is 3.24. The maximum atomic E-state index is 12.8. The first-order chi connectivity index (χ1) is 11.8. The minimum atomic E-state index is -0.582. The van der Waals surface area contributed by atoms with E-state index in [0.29, 0.717) is 19.4 Å². The Morgan fingerprint density at radius 2 is 1.72 bits per heavy atom. The molecule has 2 unspecified atom stereocenters. The SMILES string of the molecule is CCC(=O)C(NC(=O)[C@@H]1CCCN1C(=O)C(N)[C@@H](C)CC)[C@@H](C)CC. The Labute approximate surface area is 151 Å². The molecule has 0 saturated carbocycles. The Morgan fingerprint density at radius 3 is 2.24 bits per heavy atom. The van der Waals surface area contributed by atoms with E-state index in [4.69, 9.17) is 5.73 Å².